The molecule has 2 rings (SSSR count). The van der Waals surface area contributed by atoms with E-state index < -0.39 is 5.60 Å². The van der Waals surface area contributed by atoms with Crippen molar-refractivity contribution >= 4 is 17.2 Å². The molecule has 2 N–H and O–H groups in total. The summed E-state index contributed by atoms with van der Waals surface area (Å²) in [5, 5.41) is 14.7. The van der Waals surface area contributed by atoms with E-state index in [1.165, 1.54) is 0 Å². The molecular weight excluding hydrogens is 222 g/mol. The third-order valence-corrected chi connectivity index (χ3v) is 4.29. The first-order valence-corrected chi connectivity index (χ1v) is 6.52. The normalized spacial score (nSPS) is 19.9. The lowest BCUT2D eigenvalue weighted by Gasteiger charge is -2.36. The van der Waals surface area contributed by atoms with Gasteiger partial charge >= 0.3 is 0 Å². The molecule has 1 aliphatic carbocycles. The average molecular weight is 239 g/mol. The van der Waals surface area contributed by atoms with Crippen molar-refractivity contribution in [2.75, 3.05) is 6.54 Å². The standard InChI is InChI=1S/C12H17NO2S/c1-9(10-4-2-7-16-10)11(14)13-8-12(15)5-3-6-12/h2,4,7,9,15H,3,5-6,8H2,1H3,(H,13,14). The average Bonchev–Trinajstić information content (AvgIpc) is 2.75. The van der Waals surface area contributed by atoms with Crippen LogP contribution in [0.1, 0.15) is 37.0 Å². The molecule has 1 aromatic heterocycles. The summed E-state index contributed by atoms with van der Waals surface area (Å²) >= 11 is 1.59. The lowest BCUT2D eigenvalue weighted by Crippen LogP contribution is -2.48. The van der Waals surface area contributed by atoms with Crippen LogP contribution in [0.2, 0.25) is 0 Å². The van der Waals surface area contributed by atoms with Gasteiger partial charge in [-0.15, -0.1) is 11.3 Å². The molecule has 1 saturated carbocycles. The van der Waals surface area contributed by atoms with Crippen LogP contribution in [0.15, 0.2) is 17.5 Å². The van der Waals surface area contributed by atoms with Crippen molar-refractivity contribution in [1.82, 2.24) is 5.32 Å². The highest BCUT2D eigenvalue weighted by Crippen LogP contribution is 2.31. The molecule has 0 radical (unpaired) electrons. The lowest BCUT2D eigenvalue weighted by atomic mass is 9.80. The second-order valence-electron chi connectivity index (χ2n) is 4.53. The predicted octanol–water partition coefficient (Wildman–Crippen LogP) is 1.88. The fourth-order valence-corrected chi connectivity index (χ4v) is 2.62. The number of rotatable bonds is 4. The number of thiophene rings is 1. The molecule has 1 aliphatic rings. The van der Waals surface area contributed by atoms with E-state index in [1.807, 2.05) is 24.4 Å². The summed E-state index contributed by atoms with van der Waals surface area (Å²) in [6.07, 6.45) is 2.67. The van der Waals surface area contributed by atoms with Gasteiger partial charge in [-0.1, -0.05) is 6.07 Å². The van der Waals surface area contributed by atoms with Gasteiger partial charge in [-0.05, 0) is 37.6 Å². The minimum atomic E-state index is -0.634. The van der Waals surface area contributed by atoms with Crippen molar-refractivity contribution in [1.29, 1.82) is 0 Å². The molecule has 16 heavy (non-hydrogen) atoms. The molecule has 0 spiro atoms. The van der Waals surface area contributed by atoms with E-state index in [0.717, 1.165) is 24.1 Å². The van der Waals surface area contributed by atoms with Gasteiger partial charge in [-0.2, -0.15) is 0 Å². The molecule has 0 aromatic carbocycles. The van der Waals surface area contributed by atoms with Crippen LogP contribution in [0.25, 0.3) is 0 Å². The Labute approximate surface area is 99.5 Å². The van der Waals surface area contributed by atoms with E-state index in [4.69, 9.17) is 0 Å². The number of hydrogen-bond donors (Lipinski definition) is 2. The molecule has 4 heteroatoms. The fourth-order valence-electron chi connectivity index (χ4n) is 1.83. The number of hydrogen-bond acceptors (Lipinski definition) is 3. The van der Waals surface area contributed by atoms with Crippen molar-refractivity contribution < 1.29 is 9.90 Å². The maximum Gasteiger partial charge on any atom is 0.228 e. The maximum atomic E-state index is 11.8. The summed E-state index contributed by atoms with van der Waals surface area (Å²) in [5.41, 5.74) is -0.634. The number of aliphatic hydroxyl groups is 1. The van der Waals surface area contributed by atoms with E-state index in [1.54, 1.807) is 11.3 Å². The van der Waals surface area contributed by atoms with Crippen LogP contribution in [0, 0.1) is 0 Å². The molecule has 1 unspecified atom stereocenters. The Hall–Kier alpha value is -0.870. The van der Waals surface area contributed by atoms with Gasteiger partial charge in [0.2, 0.25) is 5.91 Å². The first-order chi connectivity index (χ1) is 7.61. The maximum absolute atomic E-state index is 11.8. The molecule has 88 valence electrons. The Balaban J connectivity index is 1.84. The Morgan fingerprint density at radius 3 is 2.94 bits per heavy atom. The van der Waals surface area contributed by atoms with Crippen LogP contribution in [-0.4, -0.2) is 23.2 Å². The minimum Gasteiger partial charge on any atom is -0.388 e. The molecule has 1 fully saturated rings. The van der Waals surface area contributed by atoms with Gasteiger partial charge in [0.05, 0.1) is 11.5 Å². The highest BCUT2D eigenvalue weighted by atomic mass is 32.1. The summed E-state index contributed by atoms with van der Waals surface area (Å²) in [6.45, 7) is 2.29. The Bertz CT molecular complexity index is 357. The second kappa shape index (κ2) is 4.55. The van der Waals surface area contributed by atoms with Crippen LogP contribution in [0.5, 0.6) is 0 Å². The van der Waals surface area contributed by atoms with Crippen LogP contribution in [0.3, 0.4) is 0 Å². The van der Waals surface area contributed by atoms with Crippen LogP contribution < -0.4 is 5.32 Å². The van der Waals surface area contributed by atoms with Crippen molar-refractivity contribution in [3.05, 3.63) is 22.4 Å². The molecule has 1 amide bonds. The molecule has 0 saturated heterocycles. The monoisotopic (exact) mass is 239 g/mol. The van der Waals surface area contributed by atoms with Gasteiger partial charge < -0.3 is 10.4 Å². The second-order valence-corrected chi connectivity index (χ2v) is 5.51. The van der Waals surface area contributed by atoms with E-state index in [9.17, 15) is 9.90 Å². The number of amides is 1. The summed E-state index contributed by atoms with van der Waals surface area (Å²) < 4.78 is 0. The van der Waals surface area contributed by atoms with Gasteiger partial charge in [0.15, 0.2) is 0 Å². The van der Waals surface area contributed by atoms with E-state index in [0.29, 0.717) is 6.54 Å². The van der Waals surface area contributed by atoms with Gasteiger partial charge in [0, 0.05) is 11.4 Å². The zero-order valence-electron chi connectivity index (χ0n) is 9.40. The van der Waals surface area contributed by atoms with Crippen molar-refractivity contribution in [3.63, 3.8) is 0 Å². The molecule has 0 bridgehead atoms. The molecule has 3 nitrogen and oxygen atoms in total. The van der Waals surface area contributed by atoms with Crippen molar-refractivity contribution in [2.45, 2.75) is 37.7 Å². The van der Waals surface area contributed by atoms with Crippen LogP contribution in [-0.2, 0) is 4.79 Å². The Kier molecular flexibility index (Phi) is 3.30. The minimum absolute atomic E-state index is 0.00257. The van der Waals surface area contributed by atoms with E-state index in [-0.39, 0.29) is 11.8 Å². The Morgan fingerprint density at radius 2 is 2.44 bits per heavy atom. The van der Waals surface area contributed by atoms with Gasteiger partial charge in [-0.3, -0.25) is 4.79 Å². The summed E-state index contributed by atoms with van der Waals surface area (Å²) in [6, 6.07) is 3.91. The van der Waals surface area contributed by atoms with Crippen LogP contribution >= 0.6 is 11.3 Å². The summed E-state index contributed by atoms with van der Waals surface area (Å²) in [7, 11) is 0. The fraction of sp³-hybridized carbons (Fsp3) is 0.583. The van der Waals surface area contributed by atoms with Crippen molar-refractivity contribution in [3.8, 4) is 0 Å². The Morgan fingerprint density at radius 1 is 1.69 bits per heavy atom. The zero-order chi connectivity index (χ0) is 11.6. The van der Waals surface area contributed by atoms with Gasteiger partial charge in [-0.25, -0.2) is 0 Å². The number of nitrogens with one attached hydrogen (secondary N) is 1. The molecule has 1 heterocycles. The summed E-state index contributed by atoms with van der Waals surface area (Å²) in [4.78, 5) is 12.9. The quantitative estimate of drug-likeness (QED) is 0.843. The van der Waals surface area contributed by atoms with E-state index >= 15 is 0 Å². The third kappa shape index (κ3) is 2.44. The smallest absolute Gasteiger partial charge is 0.228 e. The topological polar surface area (TPSA) is 49.3 Å². The van der Waals surface area contributed by atoms with Crippen LogP contribution in [0.4, 0.5) is 0 Å². The van der Waals surface area contributed by atoms with Gasteiger partial charge in [0.1, 0.15) is 0 Å². The predicted molar refractivity (Wildman–Crippen MR) is 64.5 cm³/mol. The third-order valence-electron chi connectivity index (χ3n) is 3.24. The number of carbonyl (C=O) groups is 1. The highest BCUT2D eigenvalue weighted by Gasteiger charge is 2.34. The number of carbonyl (C=O) groups excluding carboxylic acids is 1. The molecular formula is C12H17NO2S. The SMILES string of the molecule is CC(C(=O)NCC1(O)CCC1)c1cccs1. The lowest BCUT2D eigenvalue weighted by molar-refractivity contribution is -0.124. The highest BCUT2D eigenvalue weighted by molar-refractivity contribution is 7.10. The van der Waals surface area contributed by atoms with Gasteiger partial charge in [0.25, 0.3) is 0 Å². The first kappa shape index (κ1) is 11.6. The first-order valence-electron chi connectivity index (χ1n) is 5.64. The van der Waals surface area contributed by atoms with Crippen molar-refractivity contribution in [2.24, 2.45) is 0 Å². The molecule has 1 atom stereocenters. The zero-order valence-corrected chi connectivity index (χ0v) is 10.2. The van der Waals surface area contributed by atoms with E-state index in [2.05, 4.69) is 5.32 Å². The summed E-state index contributed by atoms with van der Waals surface area (Å²) in [5.74, 6) is -0.119. The molecule has 1 aromatic rings. The largest absolute Gasteiger partial charge is 0.388 e. The molecule has 0 aliphatic heterocycles.